The molecule has 0 atom stereocenters. The highest BCUT2D eigenvalue weighted by Gasteiger charge is 2.15. The van der Waals surface area contributed by atoms with Crippen molar-refractivity contribution in [2.24, 2.45) is 0 Å². The number of benzene rings is 1. The quantitative estimate of drug-likeness (QED) is 0.777. The third kappa shape index (κ3) is 2.60. The summed E-state index contributed by atoms with van der Waals surface area (Å²) in [7, 11) is 0. The molecule has 0 spiro atoms. The minimum atomic E-state index is -0.462. The number of hydrogen-bond acceptors (Lipinski definition) is 3. The van der Waals surface area contributed by atoms with Crippen LogP contribution in [0, 0.1) is 0 Å². The van der Waals surface area contributed by atoms with Crippen molar-refractivity contribution in [3.05, 3.63) is 38.5 Å². The van der Waals surface area contributed by atoms with Crippen LogP contribution in [0.2, 0.25) is 10.0 Å². The summed E-state index contributed by atoms with van der Waals surface area (Å²) in [5.74, 6) is -0.462. The highest BCUT2D eigenvalue weighted by molar-refractivity contribution is 9.10. The Morgan fingerprint density at radius 1 is 1.39 bits per heavy atom. The third-order valence-electron chi connectivity index (χ3n) is 2.14. The summed E-state index contributed by atoms with van der Waals surface area (Å²) in [4.78, 5) is 11.9. The summed E-state index contributed by atoms with van der Waals surface area (Å²) in [6, 6.07) is 3.25. The predicted molar refractivity (Wildman–Crippen MR) is 75.1 cm³/mol. The maximum absolute atomic E-state index is 11.9. The first-order chi connectivity index (χ1) is 8.49. The number of carbonyl (C=O) groups excluding carboxylic acids is 1. The van der Waals surface area contributed by atoms with Gasteiger partial charge in [-0.3, -0.25) is 9.89 Å². The number of hydrogen-bond donors (Lipinski definition) is 3. The largest absolute Gasteiger partial charge is 0.396 e. The molecule has 1 heterocycles. The number of rotatable bonds is 2. The fourth-order valence-electron chi connectivity index (χ4n) is 1.31. The Balaban J connectivity index is 2.31. The second-order valence-electron chi connectivity index (χ2n) is 3.40. The normalized spacial score (nSPS) is 10.4. The Morgan fingerprint density at radius 3 is 2.50 bits per heavy atom. The molecule has 4 N–H and O–H groups in total. The first-order valence-electron chi connectivity index (χ1n) is 4.73. The Hall–Kier alpha value is -1.24. The number of nitrogens with two attached hydrogens (primary N) is 1. The van der Waals surface area contributed by atoms with Crippen molar-refractivity contribution >= 4 is 56.4 Å². The van der Waals surface area contributed by atoms with Gasteiger partial charge in [0.05, 0.1) is 27.6 Å². The Morgan fingerprint density at radius 2 is 2.00 bits per heavy atom. The molecule has 5 nitrogen and oxygen atoms in total. The number of nitrogens with one attached hydrogen (secondary N) is 2. The highest BCUT2D eigenvalue weighted by Crippen LogP contribution is 2.34. The van der Waals surface area contributed by atoms with Crippen molar-refractivity contribution < 1.29 is 4.79 Å². The van der Waals surface area contributed by atoms with E-state index in [9.17, 15) is 4.79 Å². The SMILES string of the molecule is Nc1cn[nH]c1C(=O)Nc1c(Cl)cc(Br)cc1Cl. The van der Waals surface area contributed by atoms with E-state index in [0.29, 0.717) is 15.7 Å². The lowest BCUT2D eigenvalue weighted by atomic mass is 10.3. The number of aromatic nitrogens is 2. The van der Waals surface area contributed by atoms with Gasteiger partial charge in [0.25, 0.3) is 5.91 Å². The standard InChI is InChI=1S/C10H7BrCl2N4O/c11-4-1-5(12)8(6(13)2-4)16-10(18)9-7(14)3-15-17-9/h1-3H,14H2,(H,15,17)(H,16,18). The van der Waals surface area contributed by atoms with E-state index in [1.807, 2.05) is 0 Å². The van der Waals surface area contributed by atoms with Crippen molar-refractivity contribution in [2.45, 2.75) is 0 Å². The van der Waals surface area contributed by atoms with Crippen LogP contribution >= 0.6 is 39.1 Å². The first-order valence-corrected chi connectivity index (χ1v) is 6.28. The van der Waals surface area contributed by atoms with Crippen molar-refractivity contribution in [2.75, 3.05) is 11.1 Å². The molecule has 0 radical (unpaired) electrons. The van der Waals surface area contributed by atoms with E-state index in [0.717, 1.165) is 4.47 Å². The summed E-state index contributed by atoms with van der Waals surface area (Å²) < 4.78 is 0.719. The number of halogens is 3. The van der Waals surface area contributed by atoms with Gasteiger partial charge in [-0.1, -0.05) is 39.1 Å². The van der Waals surface area contributed by atoms with Gasteiger partial charge in [-0.05, 0) is 12.1 Å². The van der Waals surface area contributed by atoms with Gasteiger partial charge in [-0.15, -0.1) is 0 Å². The smallest absolute Gasteiger partial charge is 0.275 e. The van der Waals surface area contributed by atoms with Crippen LogP contribution in [0.1, 0.15) is 10.5 Å². The predicted octanol–water partition coefficient (Wildman–Crippen LogP) is 3.31. The number of H-pyrrole nitrogens is 1. The fraction of sp³-hybridized carbons (Fsp3) is 0. The maximum Gasteiger partial charge on any atom is 0.275 e. The molecule has 18 heavy (non-hydrogen) atoms. The topological polar surface area (TPSA) is 83.8 Å². The minimum absolute atomic E-state index is 0.157. The lowest BCUT2D eigenvalue weighted by molar-refractivity contribution is 0.102. The molecule has 1 aromatic carbocycles. The number of aromatic amines is 1. The molecule has 94 valence electrons. The summed E-state index contributed by atoms with van der Waals surface area (Å²) in [6.07, 6.45) is 1.35. The van der Waals surface area contributed by atoms with Gasteiger partial charge < -0.3 is 11.1 Å². The van der Waals surface area contributed by atoms with Crippen LogP contribution in [0.4, 0.5) is 11.4 Å². The molecule has 0 aliphatic rings. The number of carbonyl (C=O) groups is 1. The van der Waals surface area contributed by atoms with Gasteiger partial charge >= 0.3 is 0 Å². The molecule has 0 unspecified atom stereocenters. The third-order valence-corrected chi connectivity index (χ3v) is 3.20. The average Bonchev–Trinajstić information content (AvgIpc) is 2.69. The summed E-state index contributed by atoms with van der Waals surface area (Å²) in [5, 5.41) is 9.37. The zero-order valence-electron chi connectivity index (χ0n) is 8.80. The van der Waals surface area contributed by atoms with E-state index in [2.05, 4.69) is 31.4 Å². The molecule has 2 rings (SSSR count). The zero-order valence-corrected chi connectivity index (χ0v) is 11.9. The number of amides is 1. The van der Waals surface area contributed by atoms with Crippen molar-refractivity contribution in [1.82, 2.24) is 10.2 Å². The van der Waals surface area contributed by atoms with Crippen LogP contribution in [0.3, 0.4) is 0 Å². The van der Waals surface area contributed by atoms with Crippen LogP contribution < -0.4 is 11.1 Å². The monoisotopic (exact) mass is 348 g/mol. The van der Waals surface area contributed by atoms with Gasteiger partial charge in [0.15, 0.2) is 0 Å². The van der Waals surface area contributed by atoms with Gasteiger partial charge in [-0.2, -0.15) is 5.10 Å². The lowest BCUT2D eigenvalue weighted by Crippen LogP contribution is -2.14. The molecule has 1 aromatic heterocycles. The van der Waals surface area contributed by atoms with Crippen LogP contribution in [-0.4, -0.2) is 16.1 Å². The van der Waals surface area contributed by atoms with E-state index in [-0.39, 0.29) is 11.4 Å². The van der Waals surface area contributed by atoms with Crippen LogP contribution in [0.25, 0.3) is 0 Å². The fourth-order valence-corrected chi connectivity index (χ4v) is 2.62. The molecule has 0 aliphatic carbocycles. The van der Waals surface area contributed by atoms with Crippen molar-refractivity contribution in [1.29, 1.82) is 0 Å². The van der Waals surface area contributed by atoms with Gasteiger partial charge in [0, 0.05) is 4.47 Å². The highest BCUT2D eigenvalue weighted by atomic mass is 79.9. The van der Waals surface area contributed by atoms with Gasteiger partial charge in [0.1, 0.15) is 5.69 Å². The van der Waals surface area contributed by atoms with Crippen LogP contribution in [0.15, 0.2) is 22.8 Å². The number of anilines is 2. The van der Waals surface area contributed by atoms with Gasteiger partial charge in [0.2, 0.25) is 0 Å². The molecule has 1 amide bonds. The Kier molecular flexibility index (Phi) is 3.79. The minimum Gasteiger partial charge on any atom is -0.396 e. The molecule has 8 heteroatoms. The van der Waals surface area contributed by atoms with E-state index >= 15 is 0 Å². The molecule has 0 saturated heterocycles. The van der Waals surface area contributed by atoms with Gasteiger partial charge in [-0.25, -0.2) is 0 Å². The molecule has 0 fully saturated rings. The summed E-state index contributed by atoms with van der Waals surface area (Å²) in [6.45, 7) is 0. The Labute approximate surface area is 121 Å². The second-order valence-corrected chi connectivity index (χ2v) is 5.13. The zero-order chi connectivity index (χ0) is 13.3. The first kappa shape index (κ1) is 13.2. The second kappa shape index (κ2) is 5.17. The number of nitrogen functional groups attached to an aromatic ring is 1. The molecule has 0 bridgehead atoms. The Bertz CT molecular complexity index is 591. The molecule has 2 aromatic rings. The molecular weight excluding hydrogens is 343 g/mol. The van der Waals surface area contributed by atoms with E-state index in [1.54, 1.807) is 12.1 Å². The lowest BCUT2D eigenvalue weighted by Gasteiger charge is -2.09. The van der Waals surface area contributed by atoms with Crippen LogP contribution in [0.5, 0.6) is 0 Å². The average molecular weight is 350 g/mol. The van der Waals surface area contributed by atoms with E-state index < -0.39 is 5.91 Å². The maximum atomic E-state index is 11.9. The number of nitrogens with zero attached hydrogens (tertiary/aromatic N) is 1. The molecule has 0 aliphatic heterocycles. The molecular formula is C10H7BrCl2N4O. The van der Waals surface area contributed by atoms with Crippen LogP contribution in [-0.2, 0) is 0 Å². The summed E-state index contributed by atoms with van der Waals surface area (Å²) in [5.41, 5.74) is 6.29. The van der Waals surface area contributed by atoms with E-state index in [1.165, 1.54) is 6.20 Å². The van der Waals surface area contributed by atoms with Crippen molar-refractivity contribution in [3.8, 4) is 0 Å². The van der Waals surface area contributed by atoms with E-state index in [4.69, 9.17) is 28.9 Å². The van der Waals surface area contributed by atoms with Crippen molar-refractivity contribution in [3.63, 3.8) is 0 Å². The summed E-state index contributed by atoms with van der Waals surface area (Å²) >= 11 is 15.2. The molecule has 0 saturated carbocycles.